The van der Waals surface area contributed by atoms with Gasteiger partial charge in [-0.3, -0.25) is 4.79 Å². The molecule has 1 amide bonds. The van der Waals surface area contributed by atoms with E-state index in [2.05, 4.69) is 47.6 Å². The normalized spacial score (nSPS) is 14.9. The number of hydrogen-bond acceptors (Lipinski definition) is 6. The van der Waals surface area contributed by atoms with Gasteiger partial charge in [0.05, 0.1) is 0 Å². The van der Waals surface area contributed by atoms with Crippen LogP contribution in [0.4, 0.5) is 5.95 Å². The second-order valence-corrected chi connectivity index (χ2v) is 7.74. The molecule has 0 atom stereocenters. The summed E-state index contributed by atoms with van der Waals surface area (Å²) >= 11 is 1.76. The number of amides is 1. The third-order valence-corrected chi connectivity index (χ3v) is 5.45. The van der Waals surface area contributed by atoms with E-state index >= 15 is 0 Å². The van der Waals surface area contributed by atoms with E-state index < -0.39 is 0 Å². The van der Waals surface area contributed by atoms with Crippen LogP contribution in [0.5, 0.6) is 0 Å². The second-order valence-electron chi connectivity index (χ2n) is 6.71. The highest BCUT2D eigenvalue weighted by Gasteiger charge is 2.21. The third kappa shape index (κ3) is 5.66. The monoisotopic (exact) mass is 401 g/mol. The van der Waals surface area contributed by atoms with E-state index in [1.807, 2.05) is 6.07 Å². The van der Waals surface area contributed by atoms with Crippen LogP contribution in [0.3, 0.4) is 0 Å². The molecule has 0 aliphatic carbocycles. The lowest BCUT2D eigenvalue weighted by molar-refractivity contribution is -0.127. The number of guanidine groups is 1. The number of thiophene rings is 1. The zero-order valence-electron chi connectivity index (χ0n) is 16.4. The van der Waals surface area contributed by atoms with Gasteiger partial charge in [0.15, 0.2) is 5.96 Å². The Hall–Kier alpha value is -2.68. The van der Waals surface area contributed by atoms with Crippen molar-refractivity contribution in [2.24, 2.45) is 4.99 Å². The summed E-state index contributed by atoms with van der Waals surface area (Å²) in [5, 5.41) is 5.53. The highest BCUT2D eigenvalue weighted by Crippen LogP contribution is 2.11. The Morgan fingerprint density at radius 1 is 1.21 bits per heavy atom. The summed E-state index contributed by atoms with van der Waals surface area (Å²) < 4.78 is 0. The van der Waals surface area contributed by atoms with Crippen molar-refractivity contribution in [1.82, 2.24) is 25.1 Å². The first-order chi connectivity index (χ1) is 13.6. The van der Waals surface area contributed by atoms with Gasteiger partial charge in [-0.15, -0.1) is 11.3 Å². The van der Waals surface area contributed by atoms with E-state index in [-0.39, 0.29) is 12.5 Å². The number of carbonyl (C=O) groups is 1. The molecule has 1 fully saturated rings. The Kier molecular flexibility index (Phi) is 7.18. The fourth-order valence-corrected chi connectivity index (χ4v) is 3.59. The Balaban J connectivity index is 1.59. The van der Waals surface area contributed by atoms with Gasteiger partial charge in [0.1, 0.15) is 6.54 Å². The van der Waals surface area contributed by atoms with Crippen molar-refractivity contribution in [2.75, 3.05) is 58.3 Å². The number of likely N-dealkylation sites (N-methyl/N-ethyl adjacent to an activating group) is 1. The molecule has 0 saturated carbocycles. The molecule has 0 radical (unpaired) electrons. The molecule has 3 heterocycles. The fourth-order valence-electron chi connectivity index (χ4n) is 2.88. The van der Waals surface area contributed by atoms with Crippen LogP contribution >= 0.6 is 11.3 Å². The van der Waals surface area contributed by atoms with E-state index in [4.69, 9.17) is 0 Å². The molecule has 28 heavy (non-hydrogen) atoms. The lowest BCUT2D eigenvalue weighted by atomic mass is 10.3. The summed E-state index contributed by atoms with van der Waals surface area (Å²) in [7, 11) is 3.50. The highest BCUT2D eigenvalue weighted by atomic mass is 32.1. The summed E-state index contributed by atoms with van der Waals surface area (Å²) in [6, 6.07) is 6.02. The molecule has 3 rings (SSSR count). The van der Waals surface area contributed by atoms with Crippen molar-refractivity contribution in [3.63, 3.8) is 0 Å². The van der Waals surface area contributed by atoms with Crippen LogP contribution in [0.25, 0.3) is 0 Å². The molecular formula is C19H27N7OS. The van der Waals surface area contributed by atoms with E-state index in [1.165, 1.54) is 4.88 Å². The molecule has 1 saturated heterocycles. The number of aromatic nitrogens is 2. The number of aliphatic imine (C=N–C) groups is 1. The average molecular weight is 402 g/mol. The van der Waals surface area contributed by atoms with Crippen LogP contribution in [-0.4, -0.2) is 85.0 Å². The van der Waals surface area contributed by atoms with E-state index in [1.54, 1.807) is 42.7 Å². The summed E-state index contributed by atoms with van der Waals surface area (Å²) in [4.78, 5) is 32.5. The quantitative estimate of drug-likeness (QED) is 0.573. The lowest BCUT2D eigenvalue weighted by Gasteiger charge is -2.36. The maximum Gasteiger partial charge on any atom is 0.243 e. The number of carbonyl (C=O) groups excluding carboxylic acids is 1. The van der Waals surface area contributed by atoms with Crippen molar-refractivity contribution >= 4 is 29.2 Å². The first-order valence-electron chi connectivity index (χ1n) is 9.41. The maximum absolute atomic E-state index is 12.0. The standard InChI is InChI=1S/C19H27N7OS/c1-24(2)17(27)15-23-19(22-9-6-16-5-3-14-28-16)26-12-10-25(11-13-26)18-20-7-4-8-21-18/h3-5,7-8,14H,6,9-13,15H2,1-2H3,(H,22,23). The molecule has 0 bridgehead atoms. The molecule has 2 aromatic heterocycles. The molecule has 150 valence electrons. The van der Waals surface area contributed by atoms with Crippen molar-refractivity contribution < 1.29 is 4.79 Å². The van der Waals surface area contributed by atoms with Crippen LogP contribution in [0.15, 0.2) is 41.0 Å². The molecule has 9 heteroatoms. The minimum Gasteiger partial charge on any atom is -0.356 e. The van der Waals surface area contributed by atoms with Crippen LogP contribution in [-0.2, 0) is 11.2 Å². The average Bonchev–Trinajstić information content (AvgIpc) is 3.24. The number of nitrogens with zero attached hydrogens (tertiary/aromatic N) is 6. The molecule has 1 aliphatic rings. The van der Waals surface area contributed by atoms with Crippen molar-refractivity contribution in [2.45, 2.75) is 6.42 Å². The van der Waals surface area contributed by atoms with Crippen LogP contribution in [0, 0.1) is 0 Å². The zero-order chi connectivity index (χ0) is 19.8. The van der Waals surface area contributed by atoms with Gasteiger partial charge in [-0.1, -0.05) is 6.07 Å². The van der Waals surface area contributed by atoms with Crippen LogP contribution in [0.2, 0.25) is 0 Å². The van der Waals surface area contributed by atoms with Gasteiger partial charge in [0, 0.05) is 64.1 Å². The van der Waals surface area contributed by atoms with Gasteiger partial charge >= 0.3 is 0 Å². The van der Waals surface area contributed by atoms with Crippen molar-refractivity contribution in [3.05, 3.63) is 40.8 Å². The Bertz CT molecular complexity index is 756. The first kappa shape index (κ1) is 20.1. The molecule has 1 N–H and O–H groups in total. The van der Waals surface area contributed by atoms with E-state index in [0.717, 1.165) is 51.1 Å². The van der Waals surface area contributed by atoms with Gasteiger partial charge < -0.3 is 20.0 Å². The van der Waals surface area contributed by atoms with Crippen LogP contribution in [0.1, 0.15) is 4.88 Å². The first-order valence-corrected chi connectivity index (χ1v) is 10.3. The van der Waals surface area contributed by atoms with E-state index in [9.17, 15) is 4.79 Å². The number of hydrogen-bond donors (Lipinski definition) is 1. The SMILES string of the molecule is CN(C)C(=O)CN=C(NCCc1cccs1)N1CCN(c2ncccn2)CC1. The molecule has 0 spiro atoms. The van der Waals surface area contributed by atoms with Gasteiger partial charge in [0.25, 0.3) is 0 Å². The smallest absolute Gasteiger partial charge is 0.243 e. The highest BCUT2D eigenvalue weighted by molar-refractivity contribution is 7.09. The van der Waals surface area contributed by atoms with Gasteiger partial charge in [0.2, 0.25) is 11.9 Å². The van der Waals surface area contributed by atoms with Gasteiger partial charge in [-0.2, -0.15) is 0 Å². The number of piperazine rings is 1. The molecule has 2 aromatic rings. The summed E-state index contributed by atoms with van der Waals surface area (Å²) in [6.07, 6.45) is 4.47. The third-order valence-electron chi connectivity index (χ3n) is 4.51. The summed E-state index contributed by atoms with van der Waals surface area (Å²) in [5.41, 5.74) is 0. The minimum absolute atomic E-state index is 0.00567. The lowest BCUT2D eigenvalue weighted by Crippen LogP contribution is -2.53. The van der Waals surface area contributed by atoms with Crippen molar-refractivity contribution in [1.29, 1.82) is 0 Å². The molecule has 0 aromatic carbocycles. The summed E-state index contributed by atoms with van der Waals surface area (Å²) in [5.74, 6) is 1.54. The van der Waals surface area contributed by atoms with Crippen molar-refractivity contribution in [3.8, 4) is 0 Å². The van der Waals surface area contributed by atoms with Gasteiger partial charge in [-0.05, 0) is 23.9 Å². The Morgan fingerprint density at radius 2 is 1.96 bits per heavy atom. The number of anilines is 1. The number of nitrogens with one attached hydrogen (secondary N) is 1. The topological polar surface area (TPSA) is 77.0 Å². The maximum atomic E-state index is 12.0. The summed E-state index contributed by atoms with van der Waals surface area (Å²) in [6.45, 7) is 4.18. The number of rotatable bonds is 6. The molecular weight excluding hydrogens is 374 g/mol. The van der Waals surface area contributed by atoms with E-state index in [0.29, 0.717) is 0 Å². The second kappa shape index (κ2) is 10.0. The van der Waals surface area contributed by atoms with Gasteiger partial charge in [-0.25, -0.2) is 15.0 Å². The predicted molar refractivity (Wildman–Crippen MR) is 113 cm³/mol. The largest absolute Gasteiger partial charge is 0.356 e. The molecule has 0 unspecified atom stereocenters. The Labute approximate surface area is 169 Å². The minimum atomic E-state index is -0.00567. The molecule has 8 nitrogen and oxygen atoms in total. The predicted octanol–water partition coefficient (Wildman–Crippen LogP) is 0.937. The zero-order valence-corrected chi connectivity index (χ0v) is 17.2. The molecule has 1 aliphatic heterocycles. The fraction of sp³-hybridized carbons (Fsp3) is 0.474. The Morgan fingerprint density at radius 3 is 2.61 bits per heavy atom. The van der Waals surface area contributed by atoms with Crippen LogP contribution < -0.4 is 10.2 Å².